The minimum atomic E-state index is -4.45. The molecule has 1 fully saturated rings. The van der Waals surface area contributed by atoms with Crippen molar-refractivity contribution in [2.45, 2.75) is 38.3 Å². The van der Waals surface area contributed by atoms with Crippen LogP contribution < -0.4 is 10.1 Å². The van der Waals surface area contributed by atoms with Crippen LogP contribution in [0.4, 0.5) is 18.9 Å². The second-order valence-electron chi connectivity index (χ2n) is 9.48. The zero-order valence-electron chi connectivity index (χ0n) is 20.8. The van der Waals surface area contributed by atoms with E-state index >= 15 is 0 Å². The standard InChI is InChI=1S/C28H26F3N3O4/c1-27(2)37-17-23(38-27)16-36-22-10-4-9-21(14-22)32-25(35)13-19-7-5-11-34-15-24(33-26(19)34)18-6-3-8-20(12-18)28(29,30)31/h3-12,14-15,23H,13,16-17H2,1-2H3,(H,32,35). The molecule has 198 valence electrons. The number of anilines is 1. The van der Waals surface area contributed by atoms with Crippen LogP contribution in [0.3, 0.4) is 0 Å². The Morgan fingerprint density at radius 1 is 1.16 bits per heavy atom. The highest BCUT2D eigenvalue weighted by molar-refractivity contribution is 5.93. The second kappa shape index (κ2) is 10.1. The van der Waals surface area contributed by atoms with Gasteiger partial charge in [-0.15, -0.1) is 0 Å². The number of nitrogens with zero attached hydrogens (tertiary/aromatic N) is 2. The lowest BCUT2D eigenvalue weighted by Gasteiger charge is -2.17. The van der Waals surface area contributed by atoms with Crippen LogP contribution in [0.5, 0.6) is 5.75 Å². The fraction of sp³-hybridized carbons (Fsp3) is 0.286. The fourth-order valence-electron chi connectivity index (χ4n) is 4.28. The number of pyridine rings is 1. The van der Waals surface area contributed by atoms with Crippen LogP contribution in [0.2, 0.25) is 0 Å². The molecule has 1 aliphatic rings. The quantitative estimate of drug-likeness (QED) is 0.334. The number of benzene rings is 2. The number of amides is 1. The van der Waals surface area contributed by atoms with E-state index in [1.165, 1.54) is 6.07 Å². The minimum absolute atomic E-state index is 0.0246. The van der Waals surface area contributed by atoms with E-state index in [4.69, 9.17) is 14.2 Å². The predicted molar refractivity (Wildman–Crippen MR) is 135 cm³/mol. The smallest absolute Gasteiger partial charge is 0.416 e. The summed E-state index contributed by atoms with van der Waals surface area (Å²) in [6.45, 7) is 4.45. The molecule has 1 saturated heterocycles. The minimum Gasteiger partial charge on any atom is -0.491 e. The molecule has 0 bridgehead atoms. The molecule has 0 aliphatic carbocycles. The van der Waals surface area contributed by atoms with Gasteiger partial charge in [-0.3, -0.25) is 4.79 Å². The number of carbonyl (C=O) groups is 1. The summed E-state index contributed by atoms with van der Waals surface area (Å²) < 4.78 is 58.3. The number of rotatable bonds is 7. The summed E-state index contributed by atoms with van der Waals surface area (Å²) >= 11 is 0. The number of carbonyl (C=O) groups excluding carboxylic acids is 1. The first kappa shape index (κ1) is 25.7. The van der Waals surface area contributed by atoms with Crippen LogP contribution in [0.15, 0.2) is 73.1 Å². The second-order valence-corrected chi connectivity index (χ2v) is 9.48. The Morgan fingerprint density at radius 3 is 2.74 bits per heavy atom. The van der Waals surface area contributed by atoms with Gasteiger partial charge in [-0.2, -0.15) is 13.2 Å². The summed E-state index contributed by atoms with van der Waals surface area (Å²) in [6.07, 6.45) is -1.22. The number of hydrogen-bond donors (Lipinski definition) is 1. The molecular formula is C28H26F3N3O4. The van der Waals surface area contributed by atoms with Gasteiger partial charge in [-0.05, 0) is 44.2 Å². The van der Waals surface area contributed by atoms with Crippen LogP contribution in [-0.2, 0) is 26.9 Å². The van der Waals surface area contributed by atoms with Crippen molar-refractivity contribution >= 4 is 17.2 Å². The van der Waals surface area contributed by atoms with Crippen molar-refractivity contribution in [1.29, 1.82) is 0 Å². The number of halogens is 3. The van der Waals surface area contributed by atoms with Crippen LogP contribution in [0, 0.1) is 0 Å². The van der Waals surface area contributed by atoms with Gasteiger partial charge in [0.25, 0.3) is 0 Å². The average Bonchev–Trinajstić information content (AvgIpc) is 3.46. The van der Waals surface area contributed by atoms with Crippen LogP contribution in [0.1, 0.15) is 25.0 Å². The normalized spacial score (nSPS) is 17.0. The van der Waals surface area contributed by atoms with Crippen LogP contribution >= 0.6 is 0 Å². The molecule has 1 aliphatic heterocycles. The molecule has 1 N–H and O–H groups in total. The summed E-state index contributed by atoms with van der Waals surface area (Å²) in [5, 5.41) is 2.86. The summed E-state index contributed by atoms with van der Waals surface area (Å²) in [7, 11) is 0. The maximum absolute atomic E-state index is 13.2. The molecule has 5 rings (SSSR count). The number of fused-ring (bicyclic) bond motifs is 1. The van der Waals surface area contributed by atoms with Crippen LogP contribution in [0.25, 0.3) is 16.9 Å². The van der Waals surface area contributed by atoms with E-state index in [1.807, 2.05) is 13.8 Å². The number of aromatic nitrogens is 2. The molecule has 1 amide bonds. The van der Waals surface area contributed by atoms with Gasteiger partial charge in [0.2, 0.25) is 5.91 Å². The molecule has 2 aromatic carbocycles. The zero-order valence-corrected chi connectivity index (χ0v) is 20.8. The van der Waals surface area contributed by atoms with Crippen molar-refractivity contribution in [3.8, 4) is 17.0 Å². The number of hydrogen-bond acceptors (Lipinski definition) is 5. The highest BCUT2D eigenvalue weighted by Gasteiger charge is 2.33. The summed E-state index contributed by atoms with van der Waals surface area (Å²) in [6, 6.07) is 15.6. The Kier molecular flexibility index (Phi) is 6.85. The van der Waals surface area contributed by atoms with Crippen molar-refractivity contribution in [3.63, 3.8) is 0 Å². The van der Waals surface area contributed by atoms with Crippen molar-refractivity contribution in [1.82, 2.24) is 9.38 Å². The molecule has 7 nitrogen and oxygen atoms in total. The van der Waals surface area contributed by atoms with Crippen LogP contribution in [-0.4, -0.2) is 40.4 Å². The number of imidazole rings is 1. The number of ether oxygens (including phenoxy) is 3. The van der Waals surface area contributed by atoms with Crippen molar-refractivity contribution in [2.24, 2.45) is 0 Å². The van der Waals surface area contributed by atoms with Gasteiger partial charge >= 0.3 is 6.18 Å². The van der Waals surface area contributed by atoms with E-state index in [1.54, 1.807) is 59.3 Å². The first-order valence-electron chi connectivity index (χ1n) is 12.0. The van der Waals surface area contributed by atoms with Gasteiger partial charge in [0.1, 0.15) is 24.1 Å². The number of alkyl halides is 3. The highest BCUT2D eigenvalue weighted by atomic mass is 19.4. The maximum Gasteiger partial charge on any atom is 0.416 e. The van der Waals surface area contributed by atoms with Crippen molar-refractivity contribution < 1.29 is 32.2 Å². The SMILES string of the molecule is CC1(C)OCC(COc2cccc(NC(=O)Cc3cccn4cc(-c5cccc(C(F)(F)F)c5)nc34)c2)O1. The molecule has 2 aromatic heterocycles. The van der Waals surface area contributed by atoms with Gasteiger partial charge in [-0.25, -0.2) is 4.98 Å². The van der Waals surface area contributed by atoms with Gasteiger partial charge in [0, 0.05) is 35.3 Å². The Morgan fingerprint density at radius 2 is 1.97 bits per heavy atom. The molecule has 3 heterocycles. The molecule has 0 spiro atoms. The summed E-state index contributed by atoms with van der Waals surface area (Å²) in [4.78, 5) is 17.4. The van der Waals surface area contributed by atoms with E-state index < -0.39 is 17.5 Å². The first-order valence-corrected chi connectivity index (χ1v) is 12.0. The van der Waals surface area contributed by atoms with Crippen molar-refractivity contribution in [3.05, 3.63) is 84.2 Å². The predicted octanol–water partition coefficient (Wildman–Crippen LogP) is 5.73. The van der Waals surface area contributed by atoms with Gasteiger partial charge in [0.05, 0.1) is 24.3 Å². The lowest BCUT2D eigenvalue weighted by molar-refractivity contribution is -0.141. The van der Waals surface area contributed by atoms with E-state index in [0.717, 1.165) is 12.1 Å². The maximum atomic E-state index is 13.2. The Balaban J connectivity index is 1.26. The first-order chi connectivity index (χ1) is 18.1. The van der Waals surface area contributed by atoms with E-state index in [-0.39, 0.29) is 18.4 Å². The monoisotopic (exact) mass is 525 g/mol. The molecule has 1 atom stereocenters. The topological polar surface area (TPSA) is 74.1 Å². The summed E-state index contributed by atoms with van der Waals surface area (Å²) in [5.74, 6) is -0.319. The Labute approximate surface area is 217 Å². The van der Waals surface area contributed by atoms with Crippen molar-refractivity contribution in [2.75, 3.05) is 18.5 Å². The third-order valence-corrected chi connectivity index (χ3v) is 6.02. The Hall–Kier alpha value is -3.89. The van der Waals surface area contributed by atoms with Gasteiger partial charge in [-0.1, -0.05) is 24.3 Å². The third-order valence-electron chi connectivity index (χ3n) is 6.02. The molecular weight excluding hydrogens is 499 g/mol. The lowest BCUT2D eigenvalue weighted by Crippen LogP contribution is -2.25. The fourth-order valence-corrected chi connectivity index (χ4v) is 4.28. The Bertz CT molecular complexity index is 1470. The molecule has 0 radical (unpaired) electrons. The lowest BCUT2D eigenvalue weighted by atomic mass is 10.1. The van der Waals surface area contributed by atoms with Gasteiger partial charge in [0.15, 0.2) is 5.79 Å². The van der Waals surface area contributed by atoms with E-state index in [2.05, 4.69) is 10.3 Å². The third kappa shape index (κ3) is 5.98. The largest absolute Gasteiger partial charge is 0.491 e. The molecule has 38 heavy (non-hydrogen) atoms. The molecule has 0 saturated carbocycles. The number of nitrogens with one attached hydrogen (secondary N) is 1. The van der Waals surface area contributed by atoms with Gasteiger partial charge < -0.3 is 23.9 Å². The molecule has 1 unspecified atom stereocenters. The molecule has 10 heteroatoms. The highest BCUT2D eigenvalue weighted by Crippen LogP contribution is 2.32. The van der Waals surface area contributed by atoms with E-state index in [0.29, 0.717) is 47.1 Å². The van der Waals surface area contributed by atoms with E-state index in [9.17, 15) is 18.0 Å². The zero-order chi connectivity index (χ0) is 26.9. The molecule has 4 aromatic rings. The summed E-state index contributed by atoms with van der Waals surface area (Å²) in [5.41, 5.74) is 1.68. The average molecular weight is 526 g/mol.